The highest BCUT2D eigenvalue weighted by molar-refractivity contribution is 6.02. The Morgan fingerprint density at radius 2 is 1.68 bits per heavy atom. The maximum atomic E-state index is 13.4. The van der Waals surface area contributed by atoms with Crippen LogP contribution in [-0.2, 0) is 13.0 Å². The number of amidine groups is 1. The molecule has 0 aliphatic heterocycles. The molecule has 4 N–H and O–H groups in total. The largest absolute Gasteiger partial charge is 0.463 e. The van der Waals surface area contributed by atoms with E-state index in [9.17, 15) is 14.0 Å². The molecule has 4 aromatic rings. The van der Waals surface area contributed by atoms with Crippen LogP contribution >= 0.6 is 0 Å². The lowest BCUT2D eigenvalue weighted by atomic mass is 9.97. The van der Waals surface area contributed by atoms with Crippen LogP contribution in [0.25, 0.3) is 5.69 Å². The minimum absolute atomic E-state index is 0.0920. The van der Waals surface area contributed by atoms with Crippen molar-refractivity contribution in [2.24, 2.45) is 10.7 Å². The van der Waals surface area contributed by atoms with E-state index in [2.05, 4.69) is 10.3 Å². The summed E-state index contributed by atoms with van der Waals surface area (Å²) < 4.78 is 15.3. The average Bonchev–Trinajstić information content (AvgIpc) is 3.17. The van der Waals surface area contributed by atoms with Gasteiger partial charge in [0, 0.05) is 29.2 Å². The smallest absolute Gasteiger partial charge is 0.433 e. The van der Waals surface area contributed by atoms with E-state index >= 15 is 0 Å². The Kier molecular flexibility index (Phi) is 7.48. The van der Waals surface area contributed by atoms with E-state index in [1.54, 1.807) is 24.3 Å². The second-order valence-corrected chi connectivity index (χ2v) is 8.70. The van der Waals surface area contributed by atoms with Gasteiger partial charge in [0.05, 0.1) is 5.56 Å². The number of nitrogens with zero attached hydrogens (tertiary/aromatic N) is 2. The predicted molar refractivity (Wildman–Crippen MR) is 141 cm³/mol. The fourth-order valence-corrected chi connectivity index (χ4v) is 4.36. The number of nitrogens with one attached hydrogen (secondary N) is 1. The van der Waals surface area contributed by atoms with E-state index in [1.807, 2.05) is 60.9 Å². The standard InChI is InChI=1S/C29H27FN4O3/c1-18-14-26(19(2)34(18)25-12-10-24(30)11-13-25)28(35)32-17-22-9-8-21(27(31)33-29(36)37)16-23(22)15-20-6-4-3-5-7-20/h3-14,16H,15,17H2,1-2H3,(H2,31,33)(H,32,35)(H,36,37). The van der Waals surface area contributed by atoms with Crippen LogP contribution in [0.5, 0.6) is 0 Å². The number of carboxylic acid groups (broad SMARTS) is 1. The molecular weight excluding hydrogens is 471 g/mol. The molecule has 0 saturated heterocycles. The van der Waals surface area contributed by atoms with Gasteiger partial charge in [0.15, 0.2) is 0 Å². The van der Waals surface area contributed by atoms with Crippen molar-refractivity contribution in [2.45, 2.75) is 26.8 Å². The molecule has 4 rings (SSSR count). The van der Waals surface area contributed by atoms with Crippen LogP contribution in [0, 0.1) is 19.7 Å². The summed E-state index contributed by atoms with van der Waals surface area (Å²) in [5.74, 6) is -0.647. The Morgan fingerprint density at radius 1 is 0.973 bits per heavy atom. The number of aryl methyl sites for hydroxylation is 1. The van der Waals surface area contributed by atoms with E-state index in [0.717, 1.165) is 33.8 Å². The molecule has 3 aromatic carbocycles. The molecule has 0 radical (unpaired) electrons. The first-order chi connectivity index (χ1) is 17.7. The van der Waals surface area contributed by atoms with Crippen LogP contribution in [0.2, 0.25) is 0 Å². The zero-order valence-corrected chi connectivity index (χ0v) is 20.5. The molecule has 0 fully saturated rings. The van der Waals surface area contributed by atoms with Gasteiger partial charge in [0.2, 0.25) is 0 Å². The van der Waals surface area contributed by atoms with Crippen LogP contribution in [0.4, 0.5) is 9.18 Å². The molecule has 0 atom stereocenters. The summed E-state index contributed by atoms with van der Waals surface area (Å²) in [5.41, 5.74) is 12.1. The van der Waals surface area contributed by atoms with E-state index in [4.69, 9.17) is 10.8 Å². The molecule has 1 heterocycles. The highest BCUT2D eigenvalue weighted by Gasteiger charge is 2.17. The van der Waals surface area contributed by atoms with Crippen molar-refractivity contribution in [2.75, 3.05) is 0 Å². The average molecular weight is 499 g/mol. The van der Waals surface area contributed by atoms with Crippen molar-refractivity contribution in [1.82, 2.24) is 9.88 Å². The van der Waals surface area contributed by atoms with E-state index < -0.39 is 6.09 Å². The topological polar surface area (TPSA) is 110 Å². The van der Waals surface area contributed by atoms with Gasteiger partial charge in [0.1, 0.15) is 11.7 Å². The molecule has 0 unspecified atom stereocenters. The molecule has 0 bridgehead atoms. The predicted octanol–water partition coefficient (Wildman–Crippen LogP) is 5.14. The summed E-state index contributed by atoms with van der Waals surface area (Å²) in [4.78, 5) is 27.5. The first-order valence-corrected chi connectivity index (χ1v) is 11.7. The number of nitrogens with two attached hydrogens (primary N) is 1. The third-order valence-corrected chi connectivity index (χ3v) is 6.16. The Bertz CT molecular complexity index is 1480. The molecule has 1 aromatic heterocycles. The van der Waals surface area contributed by atoms with Gasteiger partial charge in [-0.2, -0.15) is 4.99 Å². The van der Waals surface area contributed by atoms with Crippen LogP contribution in [0.3, 0.4) is 0 Å². The van der Waals surface area contributed by atoms with E-state index in [-0.39, 0.29) is 24.1 Å². The summed E-state index contributed by atoms with van der Waals surface area (Å²) in [6.07, 6.45) is -0.795. The zero-order chi connectivity index (χ0) is 26.5. The monoisotopic (exact) mass is 498 g/mol. The molecule has 7 nitrogen and oxygen atoms in total. The summed E-state index contributed by atoms with van der Waals surface area (Å²) in [7, 11) is 0. The van der Waals surface area contributed by atoms with Crippen molar-refractivity contribution in [1.29, 1.82) is 0 Å². The Labute approximate surface area is 214 Å². The molecule has 0 saturated carbocycles. The molecule has 0 spiro atoms. The number of halogens is 1. The second kappa shape index (κ2) is 10.9. The number of amides is 2. The van der Waals surface area contributed by atoms with Crippen LogP contribution < -0.4 is 11.1 Å². The minimum atomic E-state index is -1.36. The molecule has 37 heavy (non-hydrogen) atoms. The third-order valence-electron chi connectivity index (χ3n) is 6.16. The summed E-state index contributed by atoms with van der Waals surface area (Å²) in [6.45, 7) is 4.01. The van der Waals surface area contributed by atoms with Crippen LogP contribution in [-0.4, -0.2) is 27.5 Å². The lowest BCUT2D eigenvalue weighted by Crippen LogP contribution is -2.24. The normalized spacial score (nSPS) is 11.4. The van der Waals surface area contributed by atoms with Gasteiger partial charge in [-0.15, -0.1) is 0 Å². The highest BCUT2D eigenvalue weighted by atomic mass is 19.1. The third kappa shape index (κ3) is 5.92. The van der Waals surface area contributed by atoms with Gasteiger partial charge in [-0.1, -0.05) is 42.5 Å². The molecule has 8 heteroatoms. The fraction of sp³-hybridized carbons (Fsp3) is 0.138. The van der Waals surface area contributed by atoms with E-state index in [1.165, 1.54) is 12.1 Å². The zero-order valence-electron chi connectivity index (χ0n) is 20.5. The van der Waals surface area contributed by atoms with Crippen molar-refractivity contribution in [3.8, 4) is 5.69 Å². The number of carbonyl (C=O) groups is 2. The van der Waals surface area contributed by atoms with Crippen molar-refractivity contribution in [3.63, 3.8) is 0 Å². The molecular formula is C29H27FN4O3. The lowest BCUT2D eigenvalue weighted by Gasteiger charge is -2.14. The highest BCUT2D eigenvalue weighted by Crippen LogP contribution is 2.22. The molecule has 2 amide bonds. The minimum Gasteiger partial charge on any atom is -0.463 e. The Hall–Kier alpha value is -4.72. The van der Waals surface area contributed by atoms with Gasteiger partial charge in [-0.05, 0) is 73.4 Å². The number of aliphatic imine (C=N–C) groups is 1. The molecule has 0 aliphatic rings. The number of hydrogen-bond donors (Lipinski definition) is 3. The number of hydrogen-bond acceptors (Lipinski definition) is 2. The molecule has 0 aliphatic carbocycles. The summed E-state index contributed by atoms with van der Waals surface area (Å²) in [5, 5.41) is 11.9. The Morgan fingerprint density at radius 3 is 2.35 bits per heavy atom. The number of rotatable bonds is 7. The Balaban J connectivity index is 1.59. The summed E-state index contributed by atoms with van der Waals surface area (Å²) in [6, 6.07) is 23.1. The quantitative estimate of drug-likeness (QED) is 0.242. The van der Waals surface area contributed by atoms with Crippen LogP contribution in [0.1, 0.15) is 44.0 Å². The number of aromatic nitrogens is 1. The SMILES string of the molecule is Cc1cc(C(=O)NCc2ccc(C(N)=NC(=O)O)cc2Cc2ccccc2)c(C)n1-c1ccc(F)cc1. The fourth-order valence-electron chi connectivity index (χ4n) is 4.36. The van der Waals surface area contributed by atoms with Gasteiger partial charge in [-0.3, -0.25) is 4.79 Å². The van der Waals surface area contributed by atoms with Gasteiger partial charge in [-0.25, -0.2) is 9.18 Å². The van der Waals surface area contributed by atoms with Crippen LogP contribution in [0.15, 0.2) is 83.9 Å². The first-order valence-electron chi connectivity index (χ1n) is 11.7. The van der Waals surface area contributed by atoms with E-state index in [0.29, 0.717) is 17.5 Å². The number of benzene rings is 3. The maximum absolute atomic E-state index is 13.4. The summed E-state index contributed by atoms with van der Waals surface area (Å²) >= 11 is 0. The van der Waals surface area contributed by atoms with Crippen molar-refractivity contribution < 1.29 is 19.1 Å². The maximum Gasteiger partial charge on any atom is 0.433 e. The second-order valence-electron chi connectivity index (χ2n) is 8.70. The molecule has 188 valence electrons. The number of carbonyl (C=O) groups excluding carboxylic acids is 1. The first kappa shape index (κ1) is 25.4. The van der Waals surface area contributed by atoms with Crippen molar-refractivity contribution >= 4 is 17.8 Å². The van der Waals surface area contributed by atoms with Crippen molar-refractivity contribution in [3.05, 3.63) is 124 Å². The van der Waals surface area contributed by atoms with Gasteiger partial charge < -0.3 is 20.7 Å². The van der Waals surface area contributed by atoms with Gasteiger partial charge in [0.25, 0.3) is 5.91 Å². The van der Waals surface area contributed by atoms with Gasteiger partial charge >= 0.3 is 6.09 Å². The lowest BCUT2D eigenvalue weighted by molar-refractivity contribution is 0.0950.